The monoisotopic (exact) mass is 352 g/mol. The predicted octanol–water partition coefficient (Wildman–Crippen LogP) is 4.31. The van der Waals surface area contributed by atoms with Gasteiger partial charge in [0.2, 0.25) is 5.83 Å². The molecule has 1 aromatic carbocycles. The van der Waals surface area contributed by atoms with Crippen LogP contribution < -0.4 is 0 Å². The second-order valence-corrected chi connectivity index (χ2v) is 4.13. The number of alkyl halides is 6. The minimum atomic E-state index is -6.41. The molecule has 0 saturated heterocycles. The quantitative estimate of drug-likeness (QED) is 0.460. The zero-order chi connectivity index (χ0) is 18.2. The Balaban J connectivity index is 3.76. The molecule has 0 spiro atoms. The number of carbonyl (C=O) groups excluding carboxylic acids is 1. The fourth-order valence-electron chi connectivity index (χ4n) is 1.61. The second kappa shape index (κ2) is 5.78. The van der Waals surface area contributed by atoms with Gasteiger partial charge in [-0.3, -0.25) is 0 Å². The van der Waals surface area contributed by atoms with Gasteiger partial charge in [-0.05, 0) is 12.1 Å². The molecule has 1 aromatic rings. The van der Waals surface area contributed by atoms with E-state index in [9.17, 15) is 44.3 Å². The molecule has 0 atom stereocenters. The summed E-state index contributed by atoms with van der Waals surface area (Å²) in [5.74, 6) is -8.55. The average molecular weight is 352 g/mol. The van der Waals surface area contributed by atoms with Gasteiger partial charge in [-0.1, -0.05) is 6.58 Å². The number of ether oxygens (including phenoxy) is 1. The van der Waals surface area contributed by atoms with Crippen LogP contribution in [0, 0.1) is 11.6 Å². The molecule has 0 aromatic heterocycles. The summed E-state index contributed by atoms with van der Waals surface area (Å²) in [4.78, 5) is 10.9. The summed E-state index contributed by atoms with van der Waals surface area (Å²) in [5.41, 5.74) is -7.60. The van der Waals surface area contributed by atoms with E-state index >= 15 is 0 Å². The number of hydrogen-bond donors (Lipinski definition) is 0. The van der Waals surface area contributed by atoms with Crippen molar-refractivity contribution in [3.63, 3.8) is 0 Å². The summed E-state index contributed by atoms with van der Waals surface area (Å²) in [6.07, 6.45) is -12.8. The standard InChI is InChI=1S/C12H5F9O2/c1-5(13)9(22)23-10(11(16,17)18,12(19,20)21)6-2-7(14)4-8(15)3-6/h2-4H,1H2. The van der Waals surface area contributed by atoms with Crippen molar-refractivity contribution < 1.29 is 49.0 Å². The molecule has 0 aliphatic carbocycles. The van der Waals surface area contributed by atoms with E-state index in [1.807, 2.05) is 0 Å². The third kappa shape index (κ3) is 3.42. The van der Waals surface area contributed by atoms with Gasteiger partial charge in [-0.25, -0.2) is 13.6 Å². The summed E-state index contributed by atoms with van der Waals surface area (Å²) >= 11 is 0. The maximum Gasteiger partial charge on any atom is 0.442 e. The van der Waals surface area contributed by atoms with Crippen LogP contribution in [0.2, 0.25) is 0 Å². The zero-order valence-electron chi connectivity index (χ0n) is 10.7. The van der Waals surface area contributed by atoms with E-state index in [4.69, 9.17) is 0 Å². The molecule has 0 aliphatic rings. The van der Waals surface area contributed by atoms with Gasteiger partial charge in [-0.15, -0.1) is 0 Å². The maximum absolute atomic E-state index is 13.0. The normalized spacial score (nSPS) is 12.9. The number of benzene rings is 1. The lowest BCUT2D eigenvalue weighted by atomic mass is 9.91. The molecule has 2 nitrogen and oxygen atoms in total. The Morgan fingerprint density at radius 1 is 0.913 bits per heavy atom. The van der Waals surface area contributed by atoms with E-state index in [1.165, 1.54) is 0 Å². The van der Waals surface area contributed by atoms with Crippen LogP contribution in [-0.2, 0) is 15.1 Å². The summed E-state index contributed by atoms with van der Waals surface area (Å²) in [5, 5.41) is 0. The highest BCUT2D eigenvalue weighted by molar-refractivity contribution is 5.85. The molecular weight excluding hydrogens is 347 g/mol. The molecule has 0 unspecified atom stereocenters. The Labute approximate surface area is 122 Å². The highest BCUT2D eigenvalue weighted by atomic mass is 19.4. The lowest BCUT2D eigenvalue weighted by Crippen LogP contribution is -2.57. The van der Waals surface area contributed by atoms with Crippen LogP contribution in [0.4, 0.5) is 39.5 Å². The van der Waals surface area contributed by atoms with Gasteiger partial charge in [0, 0.05) is 11.6 Å². The van der Waals surface area contributed by atoms with Crippen molar-refractivity contribution in [2.24, 2.45) is 0 Å². The SMILES string of the molecule is C=C(F)C(=O)OC(c1cc(F)cc(F)c1)(C(F)(F)F)C(F)(F)F. The molecule has 0 fully saturated rings. The lowest BCUT2D eigenvalue weighted by molar-refractivity contribution is -0.377. The molecule has 0 amide bonds. The van der Waals surface area contributed by atoms with Crippen LogP contribution >= 0.6 is 0 Å². The van der Waals surface area contributed by atoms with Crippen molar-refractivity contribution >= 4 is 5.97 Å². The van der Waals surface area contributed by atoms with Gasteiger partial charge >= 0.3 is 23.9 Å². The molecule has 0 bridgehead atoms. The Morgan fingerprint density at radius 3 is 1.61 bits per heavy atom. The minimum absolute atomic E-state index is 0.00306. The number of carbonyl (C=O) groups is 1. The van der Waals surface area contributed by atoms with Gasteiger partial charge in [0.05, 0.1) is 0 Å². The van der Waals surface area contributed by atoms with Crippen molar-refractivity contribution in [2.45, 2.75) is 18.0 Å². The Kier molecular flexibility index (Phi) is 4.74. The van der Waals surface area contributed by atoms with Crippen LogP contribution in [0.1, 0.15) is 5.56 Å². The molecule has 0 aliphatic heterocycles. The predicted molar refractivity (Wildman–Crippen MR) is 56.5 cm³/mol. The van der Waals surface area contributed by atoms with E-state index in [-0.39, 0.29) is 18.2 Å². The summed E-state index contributed by atoms with van der Waals surface area (Å²) < 4.78 is 120. The molecule has 128 valence electrons. The average Bonchev–Trinajstić information content (AvgIpc) is 2.30. The van der Waals surface area contributed by atoms with E-state index in [0.717, 1.165) is 0 Å². The van der Waals surface area contributed by atoms with Crippen molar-refractivity contribution in [3.8, 4) is 0 Å². The molecule has 1 rings (SSSR count). The van der Waals surface area contributed by atoms with Crippen LogP contribution in [0.15, 0.2) is 30.6 Å². The summed E-state index contributed by atoms with van der Waals surface area (Å²) in [7, 11) is 0. The topological polar surface area (TPSA) is 26.3 Å². The van der Waals surface area contributed by atoms with Crippen LogP contribution in [0.25, 0.3) is 0 Å². The molecule has 0 heterocycles. The van der Waals surface area contributed by atoms with Gasteiger partial charge in [0.25, 0.3) is 0 Å². The first-order valence-electron chi connectivity index (χ1n) is 5.40. The third-order valence-electron chi connectivity index (χ3n) is 2.53. The maximum atomic E-state index is 13.0. The summed E-state index contributed by atoms with van der Waals surface area (Å²) in [6.45, 7) is 2.21. The fourth-order valence-corrected chi connectivity index (χ4v) is 1.61. The molecule has 0 N–H and O–H groups in total. The Hall–Kier alpha value is -2.20. The molecular formula is C12H5F9O2. The molecule has 0 saturated carbocycles. The van der Waals surface area contributed by atoms with Gasteiger partial charge < -0.3 is 4.74 Å². The highest BCUT2D eigenvalue weighted by Crippen LogP contribution is 2.53. The number of rotatable bonds is 3. The van der Waals surface area contributed by atoms with Crippen LogP contribution in [0.5, 0.6) is 0 Å². The fraction of sp³-hybridized carbons (Fsp3) is 0.250. The van der Waals surface area contributed by atoms with E-state index < -0.39 is 46.9 Å². The van der Waals surface area contributed by atoms with Crippen molar-refractivity contribution in [1.82, 2.24) is 0 Å². The van der Waals surface area contributed by atoms with Gasteiger partial charge in [-0.2, -0.15) is 30.7 Å². The zero-order valence-corrected chi connectivity index (χ0v) is 10.7. The second-order valence-electron chi connectivity index (χ2n) is 4.13. The van der Waals surface area contributed by atoms with Gasteiger partial charge in [0.1, 0.15) is 11.6 Å². The number of hydrogen-bond acceptors (Lipinski definition) is 2. The molecule has 0 radical (unpaired) electrons. The number of esters is 1. The summed E-state index contributed by atoms with van der Waals surface area (Å²) in [6, 6.07) is -0.673. The highest BCUT2D eigenvalue weighted by Gasteiger charge is 2.75. The largest absolute Gasteiger partial charge is 0.442 e. The van der Waals surface area contributed by atoms with Crippen LogP contribution in [0.3, 0.4) is 0 Å². The molecule has 23 heavy (non-hydrogen) atoms. The van der Waals surface area contributed by atoms with E-state index in [1.54, 1.807) is 0 Å². The lowest BCUT2D eigenvalue weighted by Gasteiger charge is -2.36. The van der Waals surface area contributed by atoms with Crippen molar-refractivity contribution in [3.05, 3.63) is 47.8 Å². The first kappa shape index (κ1) is 18.8. The van der Waals surface area contributed by atoms with Crippen molar-refractivity contribution in [1.29, 1.82) is 0 Å². The number of halogens is 9. The third-order valence-corrected chi connectivity index (χ3v) is 2.53. The molecule has 11 heteroatoms. The Bertz CT molecular complexity index is 596. The van der Waals surface area contributed by atoms with Gasteiger partial charge in [0.15, 0.2) is 0 Å². The Morgan fingerprint density at radius 2 is 1.30 bits per heavy atom. The smallest absolute Gasteiger partial charge is 0.429 e. The van der Waals surface area contributed by atoms with Crippen molar-refractivity contribution in [2.75, 3.05) is 0 Å². The minimum Gasteiger partial charge on any atom is -0.429 e. The van der Waals surface area contributed by atoms with Crippen LogP contribution in [-0.4, -0.2) is 18.3 Å². The first-order valence-corrected chi connectivity index (χ1v) is 5.40. The van der Waals surface area contributed by atoms with E-state index in [2.05, 4.69) is 11.3 Å². The first-order chi connectivity index (χ1) is 10.2. The van der Waals surface area contributed by atoms with E-state index in [0.29, 0.717) is 0 Å².